The van der Waals surface area contributed by atoms with Gasteiger partial charge < -0.3 is 10.6 Å². The maximum absolute atomic E-state index is 11.9. The SMILES string of the molecule is O=C(Cc1ccc(Cl)cc1)NC(=S)Nc1ccc([N+](=O)[O-])cc1Cl. The molecule has 9 heteroatoms. The van der Waals surface area contributed by atoms with Crippen LogP contribution in [0.3, 0.4) is 0 Å². The summed E-state index contributed by atoms with van der Waals surface area (Å²) >= 11 is 16.8. The van der Waals surface area contributed by atoms with Crippen LogP contribution in [0.5, 0.6) is 0 Å². The second kappa shape index (κ2) is 8.05. The highest BCUT2D eigenvalue weighted by molar-refractivity contribution is 7.80. The van der Waals surface area contributed by atoms with Gasteiger partial charge in [0.15, 0.2) is 5.11 Å². The first-order valence-corrected chi connectivity index (χ1v) is 7.81. The molecule has 0 spiro atoms. The molecule has 0 heterocycles. The topological polar surface area (TPSA) is 84.3 Å². The average molecular weight is 384 g/mol. The number of nitro groups is 1. The fraction of sp³-hybridized carbons (Fsp3) is 0.0667. The van der Waals surface area contributed by atoms with Crippen LogP contribution >= 0.6 is 35.4 Å². The van der Waals surface area contributed by atoms with Crippen molar-refractivity contribution in [1.29, 1.82) is 0 Å². The molecule has 0 radical (unpaired) electrons. The first-order chi connectivity index (χ1) is 11.3. The van der Waals surface area contributed by atoms with Gasteiger partial charge in [0.05, 0.1) is 22.1 Å². The number of rotatable bonds is 4. The number of thiocarbonyl (C=S) groups is 1. The zero-order chi connectivity index (χ0) is 17.7. The van der Waals surface area contributed by atoms with Crippen LogP contribution in [-0.2, 0) is 11.2 Å². The minimum atomic E-state index is -0.554. The van der Waals surface area contributed by atoms with Gasteiger partial charge in [-0.3, -0.25) is 14.9 Å². The van der Waals surface area contributed by atoms with Gasteiger partial charge in [-0.25, -0.2) is 0 Å². The molecule has 0 aliphatic heterocycles. The van der Waals surface area contributed by atoms with E-state index in [2.05, 4.69) is 10.6 Å². The maximum atomic E-state index is 11.9. The van der Waals surface area contributed by atoms with E-state index in [0.29, 0.717) is 10.7 Å². The summed E-state index contributed by atoms with van der Waals surface area (Å²) < 4.78 is 0. The van der Waals surface area contributed by atoms with Gasteiger partial charge in [-0.1, -0.05) is 35.3 Å². The third-order valence-electron chi connectivity index (χ3n) is 2.94. The predicted molar refractivity (Wildman–Crippen MR) is 97.6 cm³/mol. The third-order valence-corrected chi connectivity index (χ3v) is 3.71. The molecule has 0 unspecified atom stereocenters. The molecule has 0 atom stereocenters. The molecule has 124 valence electrons. The van der Waals surface area contributed by atoms with Crippen LogP contribution in [0.1, 0.15) is 5.56 Å². The minimum Gasteiger partial charge on any atom is -0.331 e. The van der Waals surface area contributed by atoms with Crippen LogP contribution in [-0.4, -0.2) is 15.9 Å². The van der Waals surface area contributed by atoms with E-state index < -0.39 is 4.92 Å². The van der Waals surface area contributed by atoms with Crippen LogP contribution in [0.2, 0.25) is 10.0 Å². The van der Waals surface area contributed by atoms with Gasteiger partial charge in [-0.2, -0.15) is 0 Å². The predicted octanol–water partition coefficient (Wildman–Crippen LogP) is 3.96. The van der Waals surface area contributed by atoms with Gasteiger partial charge in [-0.05, 0) is 36.0 Å². The zero-order valence-corrected chi connectivity index (χ0v) is 14.4. The Morgan fingerprint density at radius 2 is 1.83 bits per heavy atom. The van der Waals surface area contributed by atoms with Gasteiger partial charge in [-0.15, -0.1) is 0 Å². The lowest BCUT2D eigenvalue weighted by Gasteiger charge is -2.11. The average Bonchev–Trinajstić information content (AvgIpc) is 2.51. The van der Waals surface area contributed by atoms with E-state index in [1.807, 2.05) is 0 Å². The molecule has 0 aromatic heterocycles. The summed E-state index contributed by atoms with van der Waals surface area (Å²) in [6.07, 6.45) is 0.132. The van der Waals surface area contributed by atoms with Crippen molar-refractivity contribution in [2.24, 2.45) is 0 Å². The van der Waals surface area contributed by atoms with Crippen molar-refractivity contribution in [2.75, 3.05) is 5.32 Å². The normalized spacial score (nSPS) is 10.1. The highest BCUT2D eigenvalue weighted by atomic mass is 35.5. The summed E-state index contributed by atoms with van der Waals surface area (Å²) in [5.74, 6) is -0.312. The number of carbonyl (C=O) groups is 1. The molecule has 24 heavy (non-hydrogen) atoms. The fourth-order valence-electron chi connectivity index (χ4n) is 1.83. The van der Waals surface area contributed by atoms with Crippen LogP contribution in [0.4, 0.5) is 11.4 Å². The van der Waals surface area contributed by atoms with E-state index in [0.717, 1.165) is 5.56 Å². The van der Waals surface area contributed by atoms with Crippen molar-refractivity contribution in [3.63, 3.8) is 0 Å². The van der Waals surface area contributed by atoms with Crippen LogP contribution < -0.4 is 10.6 Å². The minimum absolute atomic E-state index is 0.0460. The Balaban J connectivity index is 1.94. The quantitative estimate of drug-likeness (QED) is 0.474. The number of hydrogen-bond acceptors (Lipinski definition) is 4. The summed E-state index contributed by atoms with van der Waals surface area (Å²) in [5.41, 5.74) is 1.01. The highest BCUT2D eigenvalue weighted by Gasteiger charge is 2.11. The first-order valence-electron chi connectivity index (χ1n) is 6.64. The fourth-order valence-corrected chi connectivity index (χ4v) is 2.40. The summed E-state index contributed by atoms with van der Waals surface area (Å²) in [6, 6.07) is 10.8. The van der Waals surface area contributed by atoms with Gasteiger partial charge in [0.1, 0.15) is 0 Å². The second-order valence-electron chi connectivity index (χ2n) is 4.73. The monoisotopic (exact) mass is 383 g/mol. The zero-order valence-electron chi connectivity index (χ0n) is 12.1. The Hall–Kier alpha value is -2.22. The summed E-state index contributed by atoms with van der Waals surface area (Å²) in [6.45, 7) is 0. The van der Waals surface area contributed by atoms with Gasteiger partial charge in [0, 0.05) is 17.2 Å². The molecular formula is C15H11Cl2N3O3S. The van der Waals surface area contributed by atoms with Gasteiger partial charge >= 0.3 is 0 Å². The number of halogens is 2. The Morgan fingerprint density at radius 1 is 1.17 bits per heavy atom. The molecule has 2 aromatic rings. The van der Waals surface area contributed by atoms with E-state index in [9.17, 15) is 14.9 Å². The molecule has 0 aliphatic rings. The van der Waals surface area contributed by atoms with Gasteiger partial charge in [0.2, 0.25) is 5.91 Å². The number of anilines is 1. The number of amides is 1. The summed E-state index contributed by atoms with van der Waals surface area (Å²) in [7, 11) is 0. The lowest BCUT2D eigenvalue weighted by molar-refractivity contribution is -0.384. The van der Waals surface area contributed by atoms with Crippen LogP contribution in [0.15, 0.2) is 42.5 Å². The van der Waals surface area contributed by atoms with Crippen molar-refractivity contribution < 1.29 is 9.72 Å². The molecule has 0 bridgehead atoms. The second-order valence-corrected chi connectivity index (χ2v) is 5.98. The molecule has 0 fully saturated rings. The standard InChI is InChI=1S/C15H11Cl2N3O3S/c16-10-3-1-9(2-4-10)7-14(21)19-15(24)18-13-6-5-11(20(22)23)8-12(13)17/h1-6,8H,7H2,(H2,18,19,21,24). The largest absolute Gasteiger partial charge is 0.331 e. The number of nitrogens with zero attached hydrogens (tertiary/aromatic N) is 1. The van der Waals surface area contributed by atoms with E-state index >= 15 is 0 Å². The highest BCUT2D eigenvalue weighted by Crippen LogP contribution is 2.26. The smallest absolute Gasteiger partial charge is 0.271 e. The Bertz CT molecular complexity index is 797. The van der Waals surface area contributed by atoms with Crippen LogP contribution in [0.25, 0.3) is 0 Å². The third kappa shape index (κ3) is 5.16. The number of carbonyl (C=O) groups excluding carboxylic acids is 1. The molecule has 2 rings (SSSR count). The Kier molecular flexibility index (Phi) is 6.08. The van der Waals surface area contributed by atoms with Crippen molar-refractivity contribution in [3.8, 4) is 0 Å². The number of benzene rings is 2. The summed E-state index contributed by atoms with van der Waals surface area (Å²) in [4.78, 5) is 22.0. The number of nitro benzene ring substituents is 1. The van der Waals surface area contributed by atoms with E-state index in [1.165, 1.54) is 18.2 Å². The molecular weight excluding hydrogens is 373 g/mol. The van der Waals surface area contributed by atoms with E-state index in [-0.39, 0.29) is 28.2 Å². The van der Waals surface area contributed by atoms with Crippen molar-refractivity contribution >= 4 is 57.8 Å². The van der Waals surface area contributed by atoms with E-state index in [1.54, 1.807) is 24.3 Å². The van der Waals surface area contributed by atoms with Crippen molar-refractivity contribution in [3.05, 3.63) is 68.2 Å². The molecule has 1 amide bonds. The maximum Gasteiger partial charge on any atom is 0.271 e. The Labute approximate surface area is 152 Å². The lowest BCUT2D eigenvalue weighted by Crippen LogP contribution is -2.35. The molecule has 0 aliphatic carbocycles. The number of hydrogen-bond donors (Lipinski definition) is 2. The first kappa shape index (κ1) is 18.1. The summed E-state index contributed by atoms with van der Waals surface area (Å²) in [5, 5.41) is 16.7. The van der Waals surface area contributed by atoms with Crippen LogP contribution in [0, 0.1) is 10.1 Å². The molecule has 0 saturated heterocycles. The molecule has 2 N–H and O–H groups in total. The number of nitrogens with one attached hydrogen (secondary N) is 2. The van der Waals surface area contributed by atoms with Crippen molar-refractivity contribution in [2.45, 2.75) is 6.42 Å². The molecule has 2 aromatic carbocycles. The molecule has 0 saturated carbocycles. The van der Waals surface area contributed by atoms with Gasteiger partial charge in [0.25, 0.3) is 5.69 Å². The van der Waals surface area contributed by atoms with E-state index in [4.69, 9.17) is 35.4 Å². The lowest BCUT2D eigenvalue weighted by atomic mass is 10.1. The molecule has 6 nitrogen and oxygen atoms in total. The number of non-ortho nitro benzene ring substituents is 1. The van der Waals surface area contributed by atoms with Crippen molar-refractivity contribution in [1.82, 2.24) is 5.32 Å². The Morgan fingerprint density at radius 3 is 2.42 bits per heavy atom.